The SMILES string of the molecule is O=C(Nc1ccc(F)cc1NC(=O)c1csc(COc2ccc(Cl)cc2)n1)c1ccccn1. The van der Waals surface area contributed by atoms with Crippen LogP contribution in [-0.2, 0) is 6.61 Å². The van der Waals surface area contributed by atoms with Crippen LogP contribution in [0, 0.1) is 5.82 Å². The number of ether oxygens (including phenoxy) is 1. The van der Waals surface area contributed by atoms with Crippen LogP contribution in [0.5, 0.6) is 5.75 Å². The molecule has 10 heteroatoms. The molecule has 0 saturated carbocycles. The fourth-order valence-corrected chi connectivity index (χ4v) is 3.57. The van der Waals surface area contributed by atoms with Crippen LogP contribution in [0.15, 0.2) is 72.2 Å². The number of carbonyl (C=O) groups excluding carboxylic acids is 2. The molecule has 0 spiro atoms. The van der Waals surface area contributed by atoms with Crippen molar-refractivity contribution in [2.24, 2.45) is 0 Å². The molecule has 33 heavy (non-hydrogen) atoms. The molecule has 166 valence electrons. The maximum Gasteiger partial charge on any atom is 0.275 e. The number of carbonyl (C=O) groups is 2. The van der Waals surface area contributed by atoms with Crippen molar-refractivity contribution in [2.75, 3.05) is 10.6 Å². The van der Waals surface area contributed by atoms with E-state index in [1.54, 1.807) is 47.8 Å². The van der Waals surface area contributed by atoms with Crippen molar-refractivity contribution >= 4 is 46.1 Å². The highest BCUT2D eigenvalue weighted by atomic mass is 35.5. The molecule has 0 atom stereocenters. The lowest BCUT2D eigenvalue weighted by Crippen LogP contribution is -2.18. The van der Waals surface area contributed by atoms with Crippen LogP contribution in [0.25, 0.3) is 0 Å². The molecule has 0 fully saturated rings. The number of halogens is 2. The Bertz CT molecular complexity index is 1280. The van der Waals surface area contributed by atoms with Crippen molar-refractivity contribution in [3.63, 3.8) is 0 Å². The summed E-state index contributed by atoms with van der Waals surface area (Å²) in [5.74, 6) is -0.999. The largest absolute Gasteiger partial charge is 0.486 e. The molecule has 0 unspecified atom stereocenters. The number of benzene rings is 2. The van der Waals surface area contributed by atoms with Crippen LogP contribution in [-0.4, -0.2) is 21.8 Å². The van der Waals surface area contributed by atoms with Gasteiger partial charge in [0.05, 0.1) is 11.4 Å². The zero-order valence-electron chi connectivity index (χ0n) is 16.9. The lowest BCUT2D eigenvalue weighted by atomic mass is 10.2. The minimum absolute atomic E-state index is 0.0937. The van der Waals surface area contributed by atoms with Gasteiger partial charge in [-0.25, -0.2) is 9.37 Å². The normalized spacial score (nSPS) is 10.5. The molecule has 0 aliphatic rings. The van der Waals surface area contributed by atoms with Gasteiger partial charge in [0.2, 0.25) is 0 Å². The first kappa shape index (κ1) is 22.4. The van der Waals surface area contributed by atoms with Crippen molar-refractivity contribution in [1.29, 1.82) is 0 Å². The number of anilines is 2. The number of nitrogens with one attached hydrogen (secondary N) is 2. The molecule has 0 aliphatic heterocycles. The number of amides is 2. The molecule has 2 N–H and O–H groups in total. The van der Waals surface area contributed by atoms with Crippen LogP contribution in [0.3, 0.4) is 0 Å². The molecule has 0 saturated heterocycles. The van der Waals surface area contributed by atoms with E-state index in [0.717, 1.165) is 6.07 Å². The summed E-state index contributed by atoms with van der Waals surface area (Å²) in [6.45, 7) is 0.172. The number of pyridine rings is 1. The van der Waals surface area contributed by atoms with Crippen molar-refractivity contribution < 1.29 is 18.7 Å². The molecule has 2 aromatic carbocycles. The monoisotopic (exact) mass is 482 g/mol. The van der Waals surface area contributed by atoms with E-state index in [-0.39, 0.29) is 29.4 Å². The zero-order valence-corrected chi connectivity index (χ0v) is 18.5. The van der Waals surface area contributed by atoms with Gasteiger partial charge >= 0.3 is 0 Å². The number of aromatic nitrogens is 2. The third-order valence-electron chi connectivity index (χ3n) is 4.34. The second-order valence-electron chi connectivity index (χ2n) is 6.68. The second-order valence-corrected chi connectivity index (χ2v) is 8.06. The summed E-state index contributed by atoms with van der Waals surface area (Å²) in [5.41, 5.74) is 0.642. The van der Waals surface area contributed by atoms with Crippen molar-refractivity contribution in [1.82, 2.24) is 9.97 Å². The van der Waals surface area contributed by atoms with Gasteiger partial charge in [-0.15, -0.1) is 11.3 Å². The van der Waals surface area contributed by atoms with Crippen LogP contribution < -0.4 is 15.4 Å². The van der Waals surface area contributed by atoms with Crippen LogP contribution in [0.2, 0.25) is 5.02 Å². The highest BCUT2D eigenvalue weighted by Gasteiger charge is 2.16. The van der Waals surface area contributed by atoms with Crippen molar-refractivity contribution in [3.8, 4) is 5.75 Å². The number of hydrogen-bond acceptors (Lipinski definition) is 6. The molecule has 4 aromatic rings. The summed E-state index contributed by atoms with van der Waals surface area (Å²) in [4.78, 5) is 33.3. The van der Waals surface area contributed by atoms with Gasteiger partial charge in [-0.3, -0.25) is 14.6 Å². The number of nitrogens with zero attached hydrogens (tertiary/aromatic N) is 2. The average molecular weight is 483 g/mol. The Labute approximate surface area is 197 Å². The Balaban J connectivity index is 1.43. The Morgan fingerprint density at radius 3 is 2.48 bits per heavy atom. The summed E-state index contributed by atoms with van der Waals surface area (Å²) >= 11 is 7.10. The molecule has 0 radical (unpaired) electrons. The summed E-state index contributed by atoms with van der Waals surface area (Å²) in [7, 11) is 0. The van der Waals surface area contributed by atoms with Gasteiger partial charge in [-0.2, -0.15) is 0 Å². The number of thiazole rings is 1. The molecule has 0 aliphatic carbocycles. The smallest absolute Gasteiger partial charge is 0.275 e. The number of hydrogen-bond donors (Lipinski definition) is 2. The van der Waals surface area contributed by atoms with Crippen molar-refractivity contribution in [3.05, 3.63) is 99.5 Å². The summed E-state index contributed by atoms with van der Waals surface area (Å²) in [6, 6.07) is 15.4. The Hall–Kier alpha value is -3.82. The van der Waals surface area contributed by atoms with E-state index in [0.29, 0.717) is 15.8 Å². The Kier molecular flexibility index (Phi) is 6.92. The molecule has 2 aromatic heterocycles. The molecule has 2 heterocycles. The van der Waals surface area contributed by atoms with E-state index < -0.39 is 17.6 Å². The predicted molar refractivity (Wildman–Crippen MR) is 124 cm³/mol. The standard InChI is InChI=1S/C23H16ClFN4O3S/c24-14-4-7-16(8-5-14)32-12-21-27-20(13-33-21)23(31)29-19-11-15(25)6-9-17(19)28-22(30)18-3-1-2-10-26-18/h1-11,13H,12H2,(H,28,30)(H,29,31). The van der Waals surface area contributed by atoms with Gasteiger partial charge in [-0.05, 0) is 54.6 Å². The lowest BCUT2D eigenvalue weighted by Gasteiger charge is -2.12. The van der Waals surface area contributed by atoms with Crippen LogP contribution >= 0.6 is 22.9 Å². The van der Waals surface area contributed by atoms with Gasteiger partial charge in [0.25, 0.3) is 11.8 Å². The fourth-order valence-electron chi connectivity index (χ4n) is 2.76. The first-order chi connectivity index (χ1) is 16.0. The Morgan fingerprint density at radius 1 is 0.970 bits per heavy atom. The fraction of sp³-hybridized carbons (Fsp3) is 0.0435. The maximum absolute atomic E-state index is 13.8. The van der Waals surface area contributed by atoms with E-state index in [1.807, 2.05) is 0 Å². The summed E-state index contributed by atoms with van der Waals surface area (Å²) < 4.78 is 19.5. The van der Waals surface area contributed by atoms with Crippen LogP contribution in [0.1, 0.15) is 26.0 Å². The Morgan fingerprint density at radius 2 is 1.73 bits per heavy atom. The topological polar surface area (TPSA) is 93.2 Å². The highest BCUT2D eigenvalue weighted by molar-refractivity contribution is 7.09. The molecule has 7 nitrogen and oxygen atoms in total. The van der Waals surface area contributed by atoms with Gasteiger partial charge in [0.15, 0.2) is 0 Å². The quantitative estimate of drug-likeness (QED) is 0.367. The molecule has 0 bridgehead atoms. The van der Waals surface area contributed by atoms with Gasteiger partial charge in [-0.1, -0.05) is 17.7 Å². The zero-order chi connectivity index (χ0) is 23.2. The summed E-state index contributed by atoms with van der Waals surface area (Å²) in [6.07, 6.45) is 1.48. The second kappa shape index (κ2) is 10.2. The first-order valence-electron chi connectivity index (χ1n) is 9.64. The van der Waals surface area contributed by atoms with Gasteiger partial charge < -0.3 is 15.4 Å². The van der Waals surface area contributed by atoms with Crippen LogP contribution in [0.4, 0.5) is 15.8 Å². The third-order valence-corrected chi connectivity index (χ3v) is 5.41. The third kappa shape index (κ3) is 5.91. The maximum atomic E-state index is 13.8. The predicted octanol–water partition coefficient (Wildman–Crippen LogP) is 5.41. The van der Waals surface area contributed by atoms with E-state index in [1.165, 1.54) is 29.7 Å². The molecular formula is C23H16ClFN4O3S. The van der Waals surface area contributed by atoms with Gasteiger partial charge in [0, 0.05) is 16.6 Å². The minimum atomic E-state index is -0.573. The first-order valence-corrected chi connectivity index (χ1v) is 10.9. The van der Waals surface area contributed by atoms with E-state index in [4.69, 9.17) is 16.3 Å². The van der Waals surface area contributed by atoms with Crippen molar-refractivity contribution in [2.45, 2.75) is 6.61 Å². The lowest BCUT2D eigenvalue weighted by molar-refractivity contribution is 0.101. The molecule has 4 rings (SSSR count). The average Bonchev–Trinajstić information content (AvgIpc) is 3.30. The van der Waals surface area contributed by atoms with E-state index >= 15 is 0 Å². The summed E-state index contributed by atoms with van der Waals surface area (Å²) in [5, 5.41) is 7.97. The molecular weight excluding hydrogens is 467 g/mol. The molecule has 2 amide bonds. The van der Waals surface area contributed by atoms with E-state index in [2.05, 4.69) is 20.6 Å². The highest BCUT2D eigenvalue weighted by Crippen LogP contribution is 2.25. The van der Waals surface area contributed by atoms with E-state index in [9.17, 15) is 14.0 Å². The minimum Gasteiger partial charge on any atom is -0.486 e. The van der Waals surface area contributed by atoms with Gasteiger partial charge in [0.1, 0.15) is 34.6 Å². The number of rotatable bonds is 7.